The van der Waals surface area contributed by atoms with Gasteiger partial charge in [-0.2, -0.15) is 0 Å². The third kappa shape index (κ3) is 4.08. The van der Waals surface area contributed by atoms with Gasteiger partial charge in [-0.1, -0.05) is 19.3 Å². The Kier molecular flexibility index (Phi) is 8.09. The Labute approximate surface area is 132 Å². The Morgan fingerprint density at radius 1 is 1.25 bits per heavy atom. The predicted octanol–water partition coefficient (Wildman–Crippen LogP) is 3.16. The average Bonchev–Trinajstić information content (AvgIpc) is 2.40. The summed E-state index contributed by atoms with van der Waals surface area (Å²) in [6, 6.07) is 3.49. The SMILES string of the molecule is CC(N)C1(C(=O)Nc2ccncc2)CCCCC1.Cl.Cl. The second kappa shape index (κ2) is 8.45. The highest BCUT2D eigenvalue weighted by atomic mass is 35.5. The van der Waals surface area contributed by atoms with E-state index in [-0.39, 0.29) is 36.8 Å². The first-order chi connectivity index (χ1) is 8.65. The zero-order chi connectivity index (χ0) is 13.0. The highest BCUT2D eigenvalue weighted by Crippen LogP contribution is 2.39. The maximum Gasteiger partial charge on any atom is 0.232 e. The zero-order valence-corrected chi connectivity index (χ0v) is 13.3. The summed E-state index contributed by atoms with van der Waals surface area (Å²) in [6.07, 6.45) is 8.51. The molecule has 3 N–H and O–H groups in total. The Morgan fingerprint density at radius 3 is 2.30 bits per heavy atom. The summed E-state index contributed by atoms with van der Waals surface area (Å²) in [5.41, 5.74) is 6.47. The quantitative estimate of drug-likeness (QED) is 0.899. The van der Waals surface area contributed by atoms with Crippen molar-refractivity contribution in [3.05, 3.63) is 24.5 Å². The van der Waals surface area contributed by atoms with Crippen LogP contribution in [-0.2, 0) is 4.79 Å². The Hall–Kier alpha value is -0.840. The molecule has 1 aromatic rings. The van der Waals surface area contributed by atoms with Crippen molar-refractivity contribution in [3.63, 3.8) is 0 Å². The smallest absolute Gasteiger partial charge is 0.232 e. The fourth-order valence-corrected chi connectivity index (χ4v) is 2.76. The van der Waals surface area contributed by atoms with Crippen molar-refractivity contribution in [2.24, 2.45) is 11.1 Å². The lowest BCUT2D eigenvalue weighted by atomic mass is 9.69. The Morgan fingerprint density at radius 2 is 1.80 bits per heavy atom. The number of nitrogens with one attached hydrogen (secondary N) is 1. The summed E-state index contributed by atoms with van der Waals surface area (Å²) in [5, 5.41) is 2.97. The number of rotatable bonds is 3. The second-order valence-electron chi connectivity index (χ2n) is 5.20. The number of carbonyl (C=O) groups is 1. The maximum absolute atomic E-state index is 12.5. The summed E-state index contributed by atoms with van der Waals surface area (Å²) in [6.45, 7) is 1.94. The molecule has 2 rings (SSSR count). The zero-order valence-electron chi connectivity index (χ0n) is 11.7. The molecule has 1 fully saturated rings. The number of amides is 1. The number of hydrogen-bond acceptors (Lipinski definition) is 3. The van der Waals surface area contributed by atoms with Gasteiger partial charge in [0.1, 0.15) is 0 Å². The fourth-order valence-electron chi connectivity index (χ4n) is 2.76. The molecule has 1 amide bonds. The van der Waals surface area contributed by atoms with Gasteiger partial charge >= 0.3 is 0 Å². The van der Waals surface area contributed by atoms with E-state index in [1.54, 1.807) is 24.5 Å². The normalized spacial score (nSPS) is 18.1. The van der Waals surface area contributed by atoms with Gasteiger partial charge in [-0.15, -0.1) is 24.8 Å². The van der Waals surface area contributed by atoms with Gasteiger partial charge in [0.25, 0.3) is 0 Å². The van der Waals surface area contributed by atoms with Crippen molar-refractivity contribution >= 4 is 36.4 Å². The molecule has 0 bridgehead atoms. The van der Waals surface area contributed by atoms with Crippen LogP contribution in [0.25, 0.3) is 0 Å². The molecular formula is C14H23Cl2N3O. The number of nitrogens with two attached hydrogens (primary N) is 1. The van der Waals surface area contributed by atoms with Gasteiger partial charge in [0.15, 0.2) is 0 Å². The summed E-state index contributed by atoms with van der Waals surface area (Å²) >= 11 is 0. The Balaban J connectivity index is 0.00000180. The lowest BCUT2D eigenvalue weighted by molar-refractivity contribution is -0.128. The highest BCUT2D eigenvalue weighted by molar-refractivity contribution is 5.95. The van der Waals surface area contributed by atoms with E-state index < -0.39 is 5.41 Å². The first-order valence-corrected chi connectivity index (χ1v) is 6.62. The van der Waals surface area contributed by atoms with Gasteiger partial charge in [-0.05, 0) is 31.9 Å². The van der Waals surface area contributed by atoms with E-state index in [1.807, 2.05) is 6.92 Å². The largest absolute Gasteiger partial charge is 0.327 e. The topological polar surface area (TPSA) is 68.0 Å². The van der Waals surface area contributed by atoms with Crippen LogP contribution in [0.5, 0.6) is 0 Å². The van der Waals surface area contributed by atoms with E-state index in [0.717, 1.165) is 31.4 Å². The molecule has 1 heterocycles. The van der Waals surface area contributed by atoms with Crippen LogP contribution < -0.4 is 11.1 Å². The van der Waals surface area contributed by atoms with E-state index in [0.29, 0.717) is 0 Å². The summed E-state index contributed by atoms with van der Waals surface area (Å²) in [5.74, 6) is 0.0587. The van der Waals surface area contributed by atoms with Crippen molar-refractivity contribution in [2.75, 3.05) is 5.32 Å². The maximum atomic E-state index is 12.5. The summed E-state index contributed by atoms with van der Waals surface area (Å²) < 4.78 is 0. The van der Waals surface area contributed by atoms with Crippen LogP contribution >= 0.6 is 24.8 Å². The van der Waals surface area contributed by atoms with Crippen molar-refractivity contribution in [1.29, 1.82) is 0 Å². The van der Waals surface area contributed by atoms with Crippen LogP contribution in [0.3, 0.4) is 0 Å². The van der Waals surface area contributed by atoms with Crippen molar-refractivity contribution in [2.45, 2.75) is 45.1 Å². The molecule has 0 saturated heterocycles. The number of anilines is 1. The molecule has 1 atom stereocenters. The standard InChI is InChI=1S/C14H21N3O.2ClH/c1-11(15)14(7-3-2-4-8-14)13(18)17-12-5-9-16-10-6-12;;/h5-6,9-11H,2-4,7-8,15H2,1H3,(H,16,17,18);2*1H. The van der Waals surface area contributed by atoms with Gasteiger partial charge in [0.2, 0.25) is 5.91 Å². The van der Waals surface area contributed by atoms with Crippen LogP contribution in [0.1, 0.15) is 39.0 Å². The minimum atomic E-state index is -0.401. The minimum absolute atomic E-state index is 0. The number of hydrogen-bond donors (Lipinski definition) is 2. The molecule has 0 spiro atoms. The molecule has 4 nitrogen and oxygen atoms in total. The molecule has 1 aromatic heterocycles. The van der Waals surface area contributed by atoms with Crippen LogP contribution in [-0.4, -0.2) is 16.9 Å². The molecule has 114 valence electrons. The van der Waals surface area contributed by atoms with Crippen LogP contribution in [0.15, 0.2) is 24.5 Å². The van der Waals surface area contributed by atoms with Gasteiger partial charge in [-0.25, -0.2) is 0 Å². The molecule has 0 aromatic carbocycles. The summed E-state index contributed by atoms with van der Waals surface area (Å²) in [7, 11) is 0. The van der Waals surface area contributed by atoms with E-state index >= 15 is 0 Å². The second-order valence-corrected chi connectivity index (χ2v) is 5.20. The van der Waals surface area contributed by atoms with Crippen molar-refractivity contribution in [3.8, 4) is 0 Å². The monoisotopic (exact) mass is 319 g/mol. The summed E-state index contributed by atoms with van der Waals surface area (Å²) in [4.78, 5) is 16.5. The fraction of sp³-hybridized carbons (Fsp3) is 0.571. The number of carbonyl (C=O) groups excluding carboxylic acids is 1. The number of aromatic nitrogens is 1. The van der Waals surface area contributed by atoms with Gasteiger partial charge < -0.3 is 11.1 Å². The van der Waals surface area contributed by atoms with Gasteiger partial charge in [0.05, 0.1) is 5.41 Å². The van der Waals surface area contributed by atoms with Crippen molar-refractivity contribution < 1.29 is 4.79 Å². The van der Waals surface area contributed by atoms with Crippen LogP contribution in [0.2, 0.25) is 0 Å². The third-order valence-electron chi connectivity index (χ3n) is 4.01. The first-order valence-electron chi connectivity index (χ1n) is 6.62. The average molecular weight is 320 g/mol. The van der Waals surface area contributed by atoms with E-state index in [1.165, 1.54) is 6.42 Å². The molecule has 1 aliphatic rings. The lowest BCUT2D eigenvalue weighted by Gasteiger charge is -2.39. The molecule has 1 aliphatic carbocycles. The Bertz CT molecular complexity index is 406. The molecule has 20 heavy (non-hydrogen) atoms. The third-order valence-corrected chi connectivity index (χ3v) is 4.01. The van der Waals surface area contributed by atoms with Gasteiger partial charge in [-0.3, -0.25) is 9.78 Å². The first kappa shape index (κ1) is 19.2. The molecule has 6 heteroatoms. The van der Waals surface area contributed by atoms with Gasteiger partial charge in [0, 0.05) is 24.1 Å². The predicted molar refractivity (Wildman–Crippen MR) is 86.5 cm³/mol. The number of halogens is 2. The van der Waals surface area contributed by atoms with E-state index in [2.05, 4.69) is 10.3 Å². The molecule has 1 saturated carbocycles. The molecule has 0 aliphatic heterocycles. The lowest BCUT2D eigenvalue weighted by Crippen LogP contribution is -2.49. The molecular weight excluding hydrogens is 297 g/mol. The highest BCUT2D eigenvalue weighted by Gasteiger charge is 2.42. The van der Waals surface area contributed by atoms with Crippen LogP contribution in [0, 0.1) is 5.41 Å². The molecule has 1 unspecified atom stereocenters. The molecule has 0 radical (unpaired) electrons. The van der Waals surface area contributed by atoms with Crippen molar-refractivity contribution in [1.82, 2.24) is 4.98 Å². The minimum Gasteiger partial charge on any atom is -0.327 e. The van der Waals surface area contributed by atoms with Crippen LogP contribution in [0.4, 0.5) is 5.69 Å². The van der Waals surface area contributed by atoms with E-state index in [4.69, 9.17) is 5.73 Å². The number of nitrogens with zero attached hydrogens (tertiary/aromatic N) is 1. The van der Waals surface area contributed by atoms with E-state index in [9.17, 15) is 4.79 Å². The number of pyridine rings is 1.